The molecule has 1 aliphatic rings. The van der Waals surface area contributed by atoms with E-state index in [0.717, 1.165) is 37.1 Å². The van der Waals surface area contributed by atoms with Crippen LogP contribution in [-0.2, 0) is 4.79 Å². The molecule has 0 spiro atoms. The van der Waals surface area contributed by atoms with Crippen LogP contribution in [0.1, 0.15) is 43.5 Å². The molecule has 5 nitrogen and oxygen atoms in total. The molecule has 1 aromatic rings. The molecule has 1 fully saturated rings. The van der Waals surface area contributed by atoms with Gasteiger partial charge in [0.2, 0.25) is 0 Å². The van der Waals surface area contributed by atoms with Gasteiger partial charge in [-0.1, -0.05) is 19.3 Å². The Balaban J connectivity index is 2.15. The van der Waals surface area contributed by atoms with Crippen molar-refractivity contribution in [2.75, 3.05) is 5.32 Å². The second-order valence-corrected chi connectivity index (χ2v) is 5.30. The van der Waals surface area contributed by atoms with Crippen molar-refractivity contribution in [3.8, 4) is 0 Å². The Bertz CT molecular complexity index is 456. The molecule has 2 N–H and O–H groups in total. The average Bonchev–Trinajstić information content (AvgIpc) is 2.40. The van der Waals surface area contributed by atoms with E-state index in [1.54, 1.807) is 6.20 Å². The Labute approximate surface area is 113 Å². The lowest BCUT2D eigenvalue weighted by molar-refractivity contribution is -0.139. The summed E-state index contributed by atoms with van der Waals surface area (Å²) in [4.78, 5) is 20.1. The highest BCUT2D eigenvalue weighted by Gasteiger charge is 2.30. The molecule has 0 aliphatic heterocycles. The van der Waals surface area contributed by atoms with E-state index in [9.17, 15) is 9.90 Å². The summed E-state index contributed by atoms with van der Waals surface area (Å²) in [6, 6.07) is -0.560. The van der Waals surface area contributed by atoms with Crippen molar-refractivity contribution in [2.45, 2.75) is 52.0 Å². The predicted molar refractivity (Wildman–Crippen MR) is 73.1 cm³/mol. The van der Waals surface area contributed by atoms with Crippen LogP contribution in [0.2, 0.25) is 0 Å². The van der Waals surface area contributed by atoms with Crippen molar-refractivity contribution >= 4 is 11.8 Å². The quantitative estimate of drug-likeness (QED) is 0.873. The number of aliphatic carboxylic acids is 1. The van der Waals surface area contributed by atoms with Crippen LogP contribution in [0.4, 0.5) is 5.82 Å². The van der Waals surface area contributed by atoms with E-state index in [1.807, 2.05) is 13.8 Å². The standard InChI is InChI=1S/C14H21N3O2/c1-9-8-15-10(2)13(16-9)17-12(14(18)19)11-6-4-3-5-7-11/h8,11-12H,3-7H2,1-2H3,(H,16,17)(H,18,19). The average molecular weight is 263 g/mol. The highest BCUT2D eigenvalue weighted by Crippen LogP contribution is 2.28. The zero-order chi connectivity index (χ0) is 13.8. The van der Waals surface area contributed by atoms with Gasteiger partial charge in [-0.2, -0.15) is 0 Å². The summed E-state index contributed by atoms with van der Waals surface area (Å²) in [5.74, 6) is -0.0134. The molecule has 104 valence electrons. The fourth-order valence-electron chi connectivity index (χ4n) is 2.67. The number of nitrogens with one attached hydrogen (secondary N) is 1. The lowest BCUT2D eigenvalue weighted by atomic mass is 9.84. The topological polar surface area (TPSA) is 75.1 Å². The number of carboxylic acid groups (broad SMARTS) is 1. The number of carbonyl (C=O) groups is 1. The van der Waals surface area contributed by atoms with Gasteiger partial charge in [-0.25, -0.2) is 9.78 Å². The molecule has 5 heteroatoms. The molecule has 1 unspecified atom stereocenters. The van der Waals surface area contributed by atoms with Gasteiger partial charge in [0, 0.05) is 6.20 Å². The number of hydrogen-bond acceptors (Lipinski definition) is 4. The van der Waals surface area contributed by atoms with Gasteiger partial charge in [-0.3, -0.25) is 4.98 Å². The SMILES string of the molecule is Cc1cnc(C)c(NC(C(=O)O)C2CCCCC2)n1. The summed E-state index contributed by atoms with van der Waals surface area (Å²) in [5, 5.41) is 12.5. The molecular weight excluding hydrogens is 242 g/mol. The monoisotopic (exact) mass is 263 g/mol. The molecule has 1 heterocycles. The van der Waals surface area contributed by atoms with Crippen LogP contribution in [0.5, 0.6) is 0 Å². The zero-order valence-electron chi connectivity index (χ0n) is 11.5. The van der Waals surface area contributed by atoms with Crippen LogP contribution in [0.3, 0.4) is 0 Å². The largest absolute Gasteiger partial charge is 0.480 e. The Morgan fingerprint density at radius 1 is 1.37 bits per heavy atom. The number of nitrogens with zero attached hydrogens (tertiary/aromatic N) is 2. The molecule has 0 saturated heterocycles. The summed E-state index contributed by atoms with van der Waals surface area (Å²) >= 11 is 0. The van der Waals surface area contributed by atoms with Crippen molar-refractivity contribution in [2.24, 2.45) is 5.92 Å². The number of rotatable bonds is 4. The number of anilines is 1. The van der Waals surface area contributed by atoms with Crippen molar-refractivity contribution in [3.05, 3.63) is 17.6 Å². The highest BCUT2D eigenvalue weighted by atomic mass is 16.4. The molecule has 0 aromatic carbocycles. The normalized spacial score (nSPS) is 18.0. The molecule has 0 bridgehead atoms. The third kappa shape index (κ3) is 3.43. The predicted octanol–water partition coefficient (Wildman–Crippen LogP) is 2.54. The summed E-state index contributed by atoms with van der Waals surface area (Å²) in [7, 11) is 0. The Hall–Kier alpha value is -1.65. The van der Waals surface area contributed by atoms with E-state index in [-0.39, 0.29) is 5.92 Å². The second-order valence-electron chi connectivity index (χ2n) is 5.30. The number of aromatic nitrogens is 2. The first-order valence-corrected chi connectivity index (χ1v) is 6.87. The molecule has 2 rings (SSSR count). The van der Waals surface area contributed by atoms with Gasteiger partial charge in [0.25, 0.3) is 0 Å². The van der Waals surface area contributed by atoms with E-state index in [1.165, 1.54) is 6.42 Å². The summed E-state index contributed by atoms with van der Waals surface area (Å²) in [6.07, 6.45) is 7.09. The molecule has 1 saturated carbocycles. The first-order chi connectivity index (χ1) is 9.08. The van der Waals surface area contributed by atoms with Crippen LogP contribution < -0.4 is 5.32 Å². The van der Waals surface area contributed by atoms with E-state index in [2.05, 4.69) is 15.3 Å². The Morgan fingerprint density at radius 2 is 2.05 bits per heavy atom. The molecule has 1 atom stereocenters. The van der Waals surface area contributed by atoms with Crippen LogP contribution in [0, 0.1) is 19.8 Å². The minimum absolute atomic E-state index is 0.188. The molecular formula is C14H21N3O2. The first-order valence-electron chi connectivity index (χ1n) is 6.87. The van der Waals surface area contributed by atoms with Gasteiger partial charge >= 0.3 is 5.97 Å². The third-order valence-electron chi connectivity index (χ3n) is 3.76. The van der Waals surface area contributed by atoms with Crippen molar-refractivity contribution in [1.82, 2.24) is 9.97 Å². The molecule has 0 radical (unpaired) electrons. The zero-order valence-corrected chi connectivity index (χ0v) is 11.5. The number of carboxylic acids is 1. The Morgan fingerprint density at radius 3 is 2.68 bits per heavy atom. The number of hydrogen-bond donors (Lipinski definition) is 2. The smallest absolute Gasteiger partial charge is 0.326 e. The maximum atomic E-state index is 11.5. The van der Waals surface area contributed by atoms with Crippen LogP contribution in [0.25, 0.3) is 0 Å². The summed E-state index contributed by atoms with van der Waals surface area (Å²) in [5.41, 5.74) is 1.54. The molecule has 1 aromatic heterocycles. The van der Waals surface area contributed by atoms with Gasteiger partial charge in [-0.15, -0.1) is 0 Å². The third-order valence-corrected chi connectivity index (χ3v) is 3.76. The van der Waals surface area contributed by atoms with Crippen molar-refractivity contribution < 1.29 is 9.90 Å². The summed E-state index contributed by atoms with van der Waals surface area (Å²) in [6.45, 7) is 3.70. The van der Waals surface area contributed by atoms with Crippen molar-refractivity contribution in [1.29, 1.82) is 0 Å². The molecule has 0 amide bonds. The van der Waals surface area contributed by atoms with Gasteiger partial charge in [0.15, 0.2) is 0 Å². The summed E-state index contributed by atoms with van der Waals surface area (Å²) < 4.78 is 0. The number of aryl methyl sites for hydroxylation is 2. The highest BCUT2D eigenvalue weighted by molar-refractivity contribution is 5.77. The van der Waals surface area contributed by atoms with Gasteiger partial charge in [-0.05, 0) is 32.6 Å². The fourth-order valence-corrected chi connectivity index (χ4v) is 2.67. The van der Waals surface area contributed by atoms with Crippen molar-refractivity contribution in [3.63, 3.8) is 0 Å². The van der Waals surface area contributed by atoms with E-state index in [0.29, 0.717) is 5.82 Å². The second kappa shape index (κ2) is 5.99. The van der Waals surface area contributed by atoms with E-state index in [4.69, 9.17) is 0 Å². The van der Waals surface area contributed by atoms with Gasteiger partial charge in [0.1, 0.15) is 11.9 Å². The minimum Gasteiger partial charge on any atom is -0.480 e. The molecule has 19 heavy (non-hydrogen) atoms. The minimum atomic E-state index is -0.797. The lowest BCUT2D eigenvalue weighted by Gasteiger charge is -2.28. The first kappa shape index (κ1) is 13.8. The van der Waals surface area contributed by atoms with Gasteiger partial charge in [0.05, 0.1) is 11.4 Å². The maximum absolute atomic E-state index is 11.5. The van der Waals surface area contributed by atoms with E-state index >= 15 is 0 Å². The van der Waals surface area contributed by atoms with Crippen LogP contribution in [0.15, 0.2) is 6.20 Å². The lowest BCUT2D eigenvalue weighted by Crippen LogP contribution is -2.38. The maximum Gasteiger partial charge on any atom is 0.326 e. The Kier molecular flexibility index (Phi) is 4.35. The fraction of sp³-hybridized carbons (Fsp3) is 0.643. The molecule has 1 aliphatic carbocycles. The van der Waals surface area contributed by atoms with E-state index < -0.39 is 12.0 Å². The van der Waals surface area contributed by atoms with Gasteiger partial charge < -0.3 is 10.4 Å². The van der Waals surface area contributed by atoms with Crippen LogP contribution in [-0.4, -0.2) is 27.1 Å². The van der Waals surface area contributed by atoms with Crippen LogP contribution >= 0.6 is 0 Å².